The maximum atomic E-state index is 12.8. The second-order valence-corrected chi connectivity index (χ2v) is 7.16. The zero-order valence-corrected chi connectivity index (χ0v) is 14.1. The molecule has 1 aliphatic rings. The Labute approximate surface area is 127 Å². The first kappa shape index (κ1) is 17.8. The van der Waals surface area contributed by atoms with Gasteiger partial charge in [0, 0.05) is 31.2 Å². The summed E-state index contributed by atoms with van der Waals surface area (Å²) < 4.78 is 0. The molecule has 122 valence electrons. The minimum atomic E-state index is -0.877. The second kappa shape index (κ2) is 6.64. The Hall–Kier alpha value is -1.30. The summed E-state index contributed by atoms with van der Waals surface area (Å²) in [5, 5.41) is 8.87. The van der Waals surface area contributed by atoms with Gasteiger partial charge in [-0.05, 0) is 40.8 Å². The highest BCUT2D eigenvalue weighted by Gasteiger charge is 2.38. The number of hydrogen-bond donors (Lipinski definition) is 1. The lowest BCUT2D eigenvalue weighted by molar-refractivity contribution is -0.137. The lowest BCUT2D eigenvalue weighted by Crippen LogP contribution is -2.52. The summed E-state index contributed by atoms with van der Waals surface area (Å²) in [6.45, 7) is 9.64. The molecule has 21 heavy (non-hydrogen) atoms. The Morgan fingerprint density at radius 2 is 1.81 bits per heavy atom. The predicted molar refractivity (Wildman–Crippen MR) is 82.3 cm³/mol. The van der Waals surface area contributed by atoms with Gasteiger partial charge >= 0.3 is 12.0 Å². The molecule has 1 N–H and O–H groups in total. The van der Waals surface area contributed by atoms with Crippen LogP contribution in [0.1, 0.15) is 34.1 Å². The minimum Gasteiger partial charge on any atom is -0.481 e. The molecule has 2 amide bonds. The van der Waals surface area contributed by atoms with E-state index in [-0.39, 0.29) is 24.5 Å². The molecule has 0 aromatic carbocycles. The zero-order valence-electron chi connectivity index (χ0n) is 14.1. The van der Waals surface area contributed by atoms with Gasteiger partial charge in [-0.2, -0.15) is 0 Å². The minimum absolute atomic E-state index is 0.0243. The van der Waals surface area contributed by atoms with Crippen LogP contribution in [-0.2, 0) is 4.79 Å². The Morgan fingerprint density at radius 3 is 2.19 bits per heavy atom. The quantitative estimate of drug-likeness (QED) is 0.856. The van der Waals surface area contributed by atoms with E-state index in [2.05, 4.69) is 11.8 Å². The molecule has 2 unspecified atom stereocenters. The fourth-order valence-electron chi connectivity index (χ4n) is 2.87. The summed E-state index contributed by atoms with van der Waals surface area (Å²) in [5.74, 6) is -0.455. The van der Waals surface area contributed by atoms with E-state index in [1.54, 1.807) is 4.90 Å². The number of hydrogen-bond acceptors (Lipinski definition) is 3. The van der Waals surface area contributed by atoms with Crippen LogP contribution in [0.25, 0.3) is 0 Å². The van der Waals surface area contributed by atoms with Gasteiger partial charge in [0.25, 0.3) is 0 Å². The summed E-state index contributed by atoms with van der Waals surface area (Å²) in [5.41, 5.74) is -0.383. The molecule has 6 heteroatoms. The number of carbonyl (C=O) groups excluding carboxylic acids is 1. The van der Waals surface area contributed by atoms with E-state index in [0.717, 1.165) is 6.54 Å². The largest absolute Gasteiger partial charge is 0.481 e. The maximum absolute atomic E-state index is 12.8. The van der Waals surface area contributed by atoms with Crippen LogP contribution in [0.3, 0.4) is 0 Å². The number of likely N-dealkylation sites (tertiary alicyclic amines) is 1. The van der Waals surface area contributed by atoms with Crippen LogP contribution >= 0.6 is 0 Å². The number of carbonyl (C=O) groups is 2. The van der Waals surface area contributed by atoms with Gasteiger partial charge in [0.05, 0.1) is 6.42 Å². The molecule has 0 aromatic heterocycles. The van der Waals surface area contributed by atoms with Crippen LogP contribution in [0, 0.1) is 5.92 Å². The number of nitrogens with zero attached hydrogens (tertiary/aromatic N) is 3. The van der Waals surface area contributed by atoms with Gasteiger partial charge in [0.15, 0.2) is 0 Å². The van der Waals surface area contributed by atoms with Crippen molar-refractivity contribution in [3.05, 3.63) is 0 Å². The molecule has 0 aromatic rings. The van der Waals surface area contributed by atoms with Gasteiger partial charge in [0.1, 0.15) is 0 Å². The van der Waals surface area contributed by atoms with Crippen LogP contribution < -0.4 is 0 Å². The molecule has 1 heterocycles. The fourth-order valence-corrected chi connectivity index (χ4v) is 2.87. The van der Waals surface area contributed by atoms with Gasteiger partial charge in [-0.25, -0.2) is 4.79 Å². The highest BCUT2D eigenvalue weighted by atomic mass is 16.4. The first-order chi connectivity index (χ1) is 9.54. The van der Waals surface area contributed by atoms with Crippen molar-refractivity contribution in [2.75, 3.05) is 33.7 Å². The van der Waals surface area contributed by atoms with Crippen LogP contribution in [0.4, 0.5) is 4.79 Å². The normalized spacial score (nSPS) is 22.7. The number of carboxylic acid groups (broad SMARTS) is 1. The van der Waals surface area contributed by atoms with Crippen molar-refractivity contribution in [3.63, 3.8) is 0 Å². The second-order valence-electron chi connectivity index (χ2n) is 7.16. The van der Waals surface area contributed by atoms with Gasteiger partial charge < -0.3 is 19.8 Å². The van der Waals surface area contributed by atoms with Gasteiger partial charge in [-0.3, -0.25) is 4.79 Å². The average molecular weight is 299 g/mol. The fraction of sp³-hybridized carbons (Fsp3) is 0.867. The Balaban J connectivity index is 2.80. The van der Waals surface area contributed by atoms with E-state index in [4.69, 9.17) is 5.11 Å². The number of rotatable bonds is 4. The first-order valence-electron chi connectivity index (χ1n) is 7.48. The van der Waals surface area contributed by atoms with Crippen LogP contribution in [0.2, 0.25) is 0 Å². The number of carboxylic acids is 1. The summed E-state index contributed by atoms with van der Waals surface area (Å²) >= 11 is 0. The van der Waals surface area contributed by atoms with Crippen molar-refractivity contribution in [2.45, 2.75) is 45.7 Å². The molecule has 1 saturated heterocycles. The summed E-state index contributed by atoms with van der Waals surface area (Å²) in [6.07, 6.45) is -0.0243. The molecule has 0 spiro atoms. The Kier molecular flexibility index (Phi) is 5.61. The van der Waals surface area contributed by atoms with E-state index >= 15 is 0 Å². The van der Waals surface area contributed by atoms with Crippen molar-refractivity contribution >= 4 is 12.0 Å². The smallest absolute Gasteiger partial charge is 0.320 e. The molecule has 0 bridgehead atoms. The lowest BCUT2D eigenvalue weighted by Gasteiger charge is -2.38. The van der Waals surface area contributed by atoms with Crippen LogP contribution in [0.5, 0.6) is 0 Å². The molecule has 6 nitrogen and oxygen atoms in total. The highest BCUT2D eigenvalue weighted by Crippen LogP contribution is 2.24. The van der Waals surface area contributed by atoms with E-state index in [1.807, 2.05) is 39.8 Å². The van der Waals surface area contributed by atoms with E-state index in [1.165, 1.54) is 0 Å². The molecule has 0 aliphatic carbocycles. The van der Waals surface area contributed by atoms with Crippen molar-refractivity contribution in [1.29, 1.82) is 0 Å². The molecule has 2 atom stereocenters. The molecular weight excluding hydrogens is 270 g/mol. The summed E-state index contributed by atoms with van der Waals surface area (Å²) in [6, 6.07) is 0.301. The van der Waals surface area contributed by atoms with Crippen LogP contribution in [0.15, 0.2) is 0 Å². The van der Waals surface area contributed by atoms with Crippen molar-refractivity contribution < 1.29 is 14.7 Å². The lowest BCUT2D eigenvalue weighted by atomic mass is 10.1. The molecule has 0 saturated carbocycles. The standard InChI is InChI=1S/C15H29N3O3/c1-11-9-17(10-12(11)16(5)6)14(21)18(15(2,3)4)8-7-13(19)20/h11-12H,7-10H2,1-6H3,(H,19,20). The summed E-state index contributed by atoms with van der Waals surface area (Å²) in [4.78, 5) is 29.2. The first-order valence-corrected chi connectivity index (χ1v) is 7.48. The van der Waals surface area contributed by atoms with Gasteiger partial charge in [-0.1, -0.05) is 6.92 Å². The number of aliphatic carboxylic acids is 1. The van der Waals surface area contributed by atoms with Gasteiger partial charge in [-0.15, -0.1) is 0 Å². The third-order valence-corrected chi connectivity index (χ3v) is 4.10. The molecule has 1 fully saturated rings. The Morgan fingerprint density at radius 1 is 1.24 bits per heavy atom. The molecule has 1 rings (SSSR count). The zero-order chi connectivity index (χ0) is 16.4. The number of likely N-dealkylation sites (N-methyl/N-ethyl adjacent to an activating group) is 1. The van der Waals surface area contributed by atoms with E-state index < -0.39 is 5.97 Å². The summed E-state index contributed by atoms with van der Waals surface area (Å²) in [7, 11) is 4.06. The molecule has 1 aliphatic heterocycles. The van der Waals surface area contributed by atoms with E-state index in [0.29, 0.717) is 18.5 Å². The van der Waals surface area contributed by atoms with Crippen molar-refractivity contribution in [2.24, 2.45) is 5.92 Å². The number of amides is 2. The van der Waals surface area contributed by atoms with Crippen LogP contribution in [-0.4, -0.2) is 77.1 Å². The van der Waals surface area contributed by atoms with E-state index in [9.17, 15) is 9.59 Å². The highest BCUT2D eigenvalue weighted by molar-refractivity contribution is 5.76. The van der Waals surface area contributed by atoms with Crippen molar-refractivity contribution in [3.8, 4) is 0 Å². The third-order valence-electron chi connectivity index (χ3n) is 4.10. The molecular formula is C15H29N3O3. The van der Waals surface area contributed by atoms with Gasteiger partial charge in [0.2, 0.25) is 0 Å². The SMILES string of the molecule is CC1CN(C(=O)N(CCC(=O)O)C(C)(C)C)CC1N(C)C. The monoisotopic (exact) mass is 299 g/mol. The number of urea groups is 1. The maximum Gasteiger partial charge on any atom is 0.320 e. The van der Waals surface area contributed by atoms with Crippen molar-refractivity contribution in [1.82, 2.24) is 14.7 Å². The topological polar surface area (TPSA) is 64.1 Å². The Bertz CT molecular complexity index is 390. The average Bonchev–Trinajstić information content (AvgIpc) is 2.69. The molecule has 0 radical (unpaired) electrons. The predicted octanol–water partition coefficient (Wildman–Crippen LogP) is 1.56. The third kappa shape index (κ3) is 4.59.